The lowest BCUT2D eigenvalue weighted by Crippen LogP contribution is -2.39. The molecule has 106 valence electrons. The van der Waals surface area contributed by atoms with Crippen molar-refractivity contribution < 1.29 is 19.0 Å². The normalized spacial score (nSPS) is 50.9. The van der Waals surface area contributed by atoms with Crippen molar-refractivity contribution in [3.8, 4) is 0 Å². The van der Waals surface area contributed by atoms with Gasteiger partial charge in [0.15, 0.2) is 0 Å². The summed E-state index contributed by atoms with van der Waals surface area (Å²) in [5.41, 5.74) is -0.279. The lowest BCUT2D eigenvalue weighted by Gasteiger charge is -2.34. The summed E-state index contributed by atoms with van der Waals surface area (Å²) >= 11 is 0. The van der Waals surface area contributed by atoms with E-state index in [0.717, 1.165) is 44.9 Å². The van der Waals surface area contributed by atoms with Crippen molar-refractivity contribution >= 4 is 5.97 Å². The highest BCUT2D eigenvalue weighted by Gasteiger charge is 2.54. The summed E-state index contributed by atoms with van der Waals surface area (Å²) in [5.74, 6) is 0.0213. The number of carbonyl (C=O) groups excluding carboxylic acids is 1. The monoisotopic (exact) mass is 266 g/mol. The molecule has 2 saturated heterocycles. The molecular formula is C15H22O4. The first-order chi connectivity index (χ1) is 9.20. The van der Waals surface area contributed by atoms with Crippen LogP contribution in [0.5, 0.6) is 0 Å². The van der Waals surface area contributed by atoms with Gasteiger partial charge in [-0.1, -0.05) is 6.92 Å². The molecule has 2 aliphatic heterocycles. The highest BCUT2D eigenvalue weighted by atomic mass is 16.6. The molecule has 0 bridgehead atoms. The fourth-order valence-corrected chi connectivity index (χ4v) is 3.92. The summed E-state index contributed by atoms with van der Waals surface area (Å²) < 4.78 is 16.9. The Kier molecular flexibility index (Phi) is 2.68. The van der Waals surface area contributed by atoms with Gasteiger partial charge in [0.25, 0.3) is 0 Å². The molecule has 4 fully saturated rings. The van der Waals surface area contributed by atoms with Gasteiger partial charge in [0.1, 0.15) is 6.10 Å². The molecule has 4 heteroatoms. The van der Waals surface area contributed by atoms with E-state index in [0.29, 0.717) is 24.4 Å². The average Bonchev–Trinajstić information content (AvgIpc) is 3.31. The van der Waals surface area contributed by atoms with E-state index in [4.69, 9.17) is 14.2 Å². The zero-order chi connectivity index (χ0) is 13.0. The third kappa shape index (κ3) is 2.09. The Labute approximate surface area is 113 Å². The summed E-state index contributed by atoms with van der Waals surface area (Å²) in [6.45, 7) is 2.10. The number of ether oxygens (including phenoxy) is 3. The Bertz CT molecular complexity index is 396. The smallest absolute Gasteiger partial charge is 0.312 e. The number of hydrogen-bond donors (Lipinski definition) is 0. The van der Waals surface area contributed by atoms with E-state index in [-0.39, 0.29) is 17.5 Å². The van der Waals surface area contributed by atoms with Crippen LogP contribution in [-0.2, 0) is 19.0 Å². The fourth-order valence-electron chi connectivity index (χ4n) is 3.92. The third-order valence-electron chi connectivity index (χ3n) is 5.53. The van der Waals surface area contributed by atoms with Gasteiger partial charge in [0.05, 0.1) is 29.8 Å². The van der Waals surface area contributed by atoms with Crippen LogP contribution in [0.3, 0.4) is 0 Å². The first-order valence-corrected chi connectivity index (χ1v) is 7.72. The molecule has 6 atom stereocenters. The van der Waals surface area contributed by atoms with Gasteiger partial charge in [-0.3, -0.25) is 4.79 Å². The van der Waals surface area contributed by atoms with E-state index < -0.39 is 0 Å². The summed E-state index contributed by atoms with van der Waals surface area (Å²) in [4.78, 5) is 12.6. The minimum Gasteiger partial charge on any atom is -0.462 e. The molecule has 0 aromatic rings. The first-order valence-electron chi connectivity index (χ1n) is 7.72. The van der Waals surface area contributed by atoms with Gasteiger partial charge in [-0.25, -0.2) is 0 Å². The van der Waals surface area contributed by atoms with E-state index >= 15 is 0 Å². The Morgan fingerprint density at radius 1 is 1.16 bits per heavy atom. The van der Waals surface area contributed by atoms with Crippen molar-refractivity contribution in [3.05, 3.63) is 0 Å². The van der Waals surface area contributed by atoms with Crippen LogP contribution in [-0.4, -0.2) is 36.5 Å². The van der Waals surface area contributed by atoms with Gasteiger partial charge in [-0.15, -0.1) is 0 Å². The van der Waals surface area contributed by atoms with Crippen molar-refractivity contribution in [2.75, 3.05) is 0 Å². The number of rotatable bonds is 3. The van der Waals surface area contributed by atoms with Crippen molar-refractivity contribution in [3.63, 3.8) is 0 Å². The van der Waals surface area contributed by atoms with Gasteiger partial charge >= 0.3 is 5.97 Å². The Balaban J connectivity index is 1.40. The molecule has 4 nitrogen and oxygen atoms in total. The predicted octanol–water partition coefficient (Wildman–Crippen LogP) is 2.20. The van der Waals surface area contributed by atoms with Crippen LogP contribution in [0.2, 0.25) is 0 Å². The van der Waals surface area contributed by atoms with Crippen LogP contribution < -0.4 is 0 Å². The molecule has 0 spiro atoms. The highest BCUT2D eigenvalue weighted by molar-refractivity contribution is 5.77. The standard InChI is InChI=1S/C15H22O4/c1-2-15(6-5-11-13(8-15)19-11)14(16)17-9-3-4-10-12(7-9)18-10/h9-13H,2-8H2,1H3. The van der Waals surface area contributed by atoms with Crippen LogP contribution >= 0.6 is 0 Å². The van der Waals surface area contributed by atoms with Gasteiger partial charge in [0.2, 0.25) is 0 Å². The summed E-state index contributed by atoms with van der Waals surface area (Å²) in [6.07, 6.45) is 8.27. The summed E-state index contributed by atoms with van der Waals surface area (Å²) in [6, 6.07) is 0. The molecular weight excluding hydrogens is 244 g/mol. The van der Waals surface area contributed by atoms with Gasteiger partial charge < -0.3 is 14.2 Å². The van der Waals surface area contributed by atoms with E-state index in [9.17, 15) is 4.79 Å². The van der Waals surface area contributed by atoms with Crippen molar-refractivity contribution in [2.45, 2.75) is 82.4 Å². The maximum absolute atomic E-state index is 12.6. The topological polar surface area (TPSA) is 51.4 Å². The Morgan fingerprint density at radius 3 is 2.68 bits per heavy atom. The quantitative estimate of drug-likeness (QED) is 0.580. The average molecular weight is 266 g/mol. The number of fused-ring (bicyclic) bond motifs is 2. The minimum atomic E-state index is -0.279. The van der Waals surface area contributed by atoms with Crippen LogP contribution in [0.15, 0.2) is 0 Å². The maximum Gasteiger partial charge on any atom is 0.312 e. The fraction of sp³-hybridized carbons (Fsp3) is 0.933. The van der Waals surface area contributed by atoms with Crippen LogP contribution in [0.1, 0.15) is 51.9 Å². The molecule has 0 aromatic heterocycles. The number of esters is 1. The second kappa shape index (κ2) is 4.19. The molecule has 6 unspecified atom stereocenters. The summed E-state index contributed by atoms with van der Waals surface area (Å²) in [5, 5.41) is 0. The van der Waals surface area contributed by atoms with Crippen molar-refractivity contribution in [2.24, 2.45) is 5.41 Å². The van der Waals surface area contributed by atoms with Gasteiger partial charge in [-0.2, -0.15) is 0 Å². The van der Waals surface area contributed by atoms with Crippen LogP contribution in [0.4, 0.5) is 0 Å². The molecule has 0 amide bonds. The maximum atomic E-state index is 12.6. The third-order valence-corrected chi connectivity index (χ3v) is 5.53. The second-order valence-electron chi connectivity index (χ2n) is 6.64. The molecule has 4 aliphatic rings. The lowest BCUT2D eigenvalue weighted by atomic mass is 9.72. The number of hydrogen-bond acceptors (Lipinski definition) is 4. The molecule has 0 aromatic carbocycles. The van der Waals surface area contributed by atoms with Crippen LogP contribution in [0, 0.1) is 5.41 Å². The Hall–Kier alpha value is -0.610. The van der Waals surface area contributed by atoms with Crippen molar-refractivity contribution in [1.29, 1.82) is 0 Å². The molecule has 19 heavy (non-hydrogen) atoms. The first kappa shape index (κ1) is 12.2. The minimum absolute atomic E-state index is 0.0213. The molecule has 2 heterocycles. The highest BCUT2D eigenvalue weighted by Crippen LogP contribution is 2.49. The van der Waals surface area contributed by atoms with E-state index in [1.807, 2.05) is 0 Å². The molecule has 4 rings (SSSR count). The molecule has 2 saturated carbocycles. The zero-order valence-corrected chi connectivity index (χ0v) is 11.5. The second-order valence-corrected chi connectivity index (χ2v) is 6.64. The largest absolute Gasteiger partial charge is 0.462 e. The van der Waals surface area contributed by atoms with Crippen molar-refractivity contribution in [1.82, 2.24) is 0 Å². The van der Waals surface area contributed by atoms with Gasteiger partial charge in [-0.05, 0) is 38.5 Å². The predicted molar refractivity (Wildman–Crippen MR) is 67.6 cm³/mol. The van der Waals surface area contributed by atoms with Crippen LogP contribution in [0.25, 0.3) is 0 Å². The summed E-state index contributed by atoms with van der Waals surface area (Å²) in [7, 11) is 0. The Morgan fingerprint density at radius 2 is 1.95 bits per heavy atom. The number of epoxide rings is 2. The van der Waals surface area contributed by atoms with E-state index in [2.05, 4.69) is 6.92 Å². The number of carbonyl (C=O) groups is 1. The van der Waals surface area contributed by atoms with E-state index in [1.165, 1.54) is 0 Å². The molecule has 2 aliphatic carbocycles. The molecule has 0 N–H and O–H groups in total. The van der Waals surface area contributed by atoms with Gasteiger partial charge in [0, 0.05) is 6.42 Å². The zero-order valence-electron chi connectivity index (χ0n) is 11.5. The molecule has 0 radical (unpaired) electrons. The SMILES string of the molecule is CCC1(C(=O)OC2CCC3OC3C2)CCC2OC2C1. The van der Waals surface area contributed by atoms with E-state index in [1.54, 1.807) is 0 Å². The lowest BCUT2D eigenvalue weighted by molar-refractivity contribution is -0.165.